The van der Waals surface area contributed by atoms with E-state index in [9.17, 15) is 14.7 Å². The second-order valence-corrected chi connectivity index (χ2v) is 6.91. The number of carbonyl (C=O) groups is 2. The first-order chi connectivity index (χ1) is 10.9. The zero-order valence-electron chi connectivity index (χ0n) is 12.6. The molecule has 6 nitrogen and oxygen atoms in total. The van der Waals surface area contributed by atoms with Gasteiger partial charge in [0.05, 0.1) is 21.8 Å². The number of rotatable bonds is 3. The summed E-state index contributed by atoms with van der Waals surface area (Å²) >= 11 is 3.34. The number of nitrogens with zero attached hydrogens (tertiary/aromatic N) is 3. The number of carboxylic acids is 1. The minimum Gasteiger partial charge on any atom is -0.481 e. The first kappa shape index (κ1) is 15.7. The molecule has 120 valence electrons. The molecule has 1 fully saturated rings. The molecule has 1 N–H and O–H groups in total. The van der Waals surface area contributed by atoms with Gasteiger partial charge in [0.25, 0.3) is 5.91 Å². The molecule has 2 aromatic rings. The van der Waals surface area contributed by atoms with Crippen molar-refractivity contribution in [3.63, 3.8) is 0 Å². The summed E-state index contributed by atoms with van der Waals surface area (Å²) in [5, 5.41) is 13.5. The Balaban J connectivity index is 1.82. The van der Waals surface area contributed by atoms with E-state index in [0.717, 1.165) is 10.2 Å². The van der Waals surface area contributed by atoms with Crippen molar-refractivity contribution in [3.05, 3.63) is 46.7 Å². The van der Waals surface area contributed by atoms with Crippen molar-refractivity contribution in [1.29, 1.82) is 0 Å². The van der Waals surface area contributed by atoms with Crippen LogP contribution in [0.5, 0.6) is 0 Å². The number of aliphatic carboxylic acids is 1. The van der Waals surface area contributed by atoms with Gasteiger partial charge < -0.3 is 10.0 Å². The van der Waals surface area contributed by atoms with E-state index in [0.29, 0.717) is 18.5 Å². The summed E-state index contributed by atoms with van der Waals surface area (Å²) in [6, 6.07) is 7.16. The van der Waals surface area contributed by atoms with Gasteiger partial charge in [0.1, 0.15) is 0 Å². The number of hydrogen-bond acceptors (Lipinski definition) is 3. The minimum atomic E-state index is -0.861. The Bertz CT molecular complexity index is 773. The molecule has 0 radical (unpaired) electrons. The van der Waals surface area contributed by atoms with Gasteiger partial charge in [-0.25, -0.2) is 4.68 Å². The van der Waals surface area contributed by atoms with E-state index in [1.165, 1.54) is 0 Å². The third-order valence-electron chi connectivity index (χ3n) is 4.19. The average Bonchev–Trinajstić information content (AvgIpc) is 3.14. The summed E-state index contributed by atoms with van der Waals surface area (Å²) in [5.74, 6) is -1.01. The van der Waals surface area contributed by atoms with Gasteiger partial charge in [0.15, 0.2) is 0 Å². The van der Waals surface area contributed by atoms with E-state index in [4.69, 9.17) is 0 Å². The topological polar surface area (TPSA) is 75.4 Å². The number of aromatic nitrogens is 2. The molecule has 1 aliphatic heterocycles. The molecule has 0 unspecified atom stereocenters. The molecule has 1 aromatic heterocycles. The monoisotopic (exact) mass is 377 g/mol. The fourth-order valence-corrected chi connectivity index (χ4v) is 3.00. The van der Waals surface area contributed by atoms with E-state index in [1.54, 1.807) is 47.1 Å². The third-order valence-corrected chi connectivity index (χ3v) is 4.60. The molecular formula is C16H16BrN3O3. The lowest BCUT2D eigenvalue weighted by atomic mass is 9.90. The zero-order valence-corrected chi connectivity index (χ0v) is 14.2. The van der Waals surface area contributed by atoms with Crippen molar-refractivity contribution < 1.29 is 14.7 Å². The van der Waals surface area contributed by atoms with Crippen LogP contribution in [0.4, 0.5) is 0 Å². The molecule has 0 spiro atoms. The second-order valence-electron chi connectivity index (χ2n) is 6.00. The normalized spacial score (nSPS) is 20.7. The lowest BCUT2D eigenvalue weighted by Crippen LogP contribution is -2.34. The Morgan fingerprint density at radius 2 is 2.17 bits per heavy atom. The van der Waals surface area contributed by atoms with E-state index in [1.807, 2.05) is 6.07 Å². The first-order valence-corrected chi connectivity index (χ1v) is 8.02. The quantitative estimate of drug-likeness (QED) is 0.891. The molecule has 3 rings (SSSR count). The van der Waals surface area contributed by atoms with Gasteiger partial charge >= 0.3 is 5.97 Å². The Morgan fingerprint density at radius 1 is 1.39 bits per heavy atom. The average molecular weight is 378 g/mol. The van der Waals surface area contributed by atoms with Crippen LogP contribution in [-0.4, -0.2) is 44.8 Å². The Morgan fingerprint density at radius 3 is 2.78 bits per heavy atom. The van der Waals surface area contributed by atoms with Crippen molar-refractivity contribution in [3.8, 4) is 5.69 Å². The summed E-state index contributed by atoms with van der Waals surface area (Å²) in [6.45, 7) is 2.37. The molecule has 7 heteroatoms. The summed E-state index contributed by atoms with van der Waals surface area (Å²) in [6.07, 6.45) is 3.95. The lowest BCUT2D eigenvalue weighted by molar-refractivity contribution is -0.147. The predicted octanol–water partition coefficient (Wildman–Crippen LogP) is 2.57. The number of amides is 1. The number of likely N-dealkylation sites (tertiary alicyclic amines) is 1. The van der Waals surface area contributed by atoms with Crippen LogP contribution in [0.15, 0.2) is 41.1 Å². The highest BCUT2D eigenvalue weighted by atomic mass is 79.9. The van der Waals surface area contributed by atoms with Crippen LogP contribution >= 0.6 is 15.9 Å². The van der Waals surface area contributed by atoms with Crippen molar-refractivity contribution >= 4 is 27.8 Å². The summed E-state index contributed by atoms with van der Waals surface area (Å²) in [7, 11) is 0. The van der Waals surface area contributed by atoms with E-state index in [-0.39, 0.29) is 12.5 Å². The van der Waals surface area contributed by atoms with Crippen molar-refractivity contribution in [1.82, 2.24) is 14.7 Å². The Kier molecular flexibility index (Phi) is 3.97. The fraction of sp³-hybridized carbons (Fsp3) is 0.312. The van der Waals surface area contributed by atoms with Crippen LogP contribution in [0.25, 0.3) is 5.69 Å². The molecule has 2 heterocycles. The van der Waals surface area contributed by atoms with E-state index < -0.39 is 11.4 Å². The number of carboxylic acid groups (broad SMARTS) is 1. The van der Waals surface area contributed by atoms with Crippen molar-refractivity contribution in [2.45, 2.75) is 13.3 Å². The molecular weight excluding hydrogens is 362 g/mol. The number of benzene rings is 1. The lowest BCUT2D eigenvalue weighted by Gasteiger charge is -2.20. The van der Waals surface area contributed by atoms with Gasteiger partial charge in [-0.2, -0.15) is 5.10 Å². The van der Waals surface area contributed by atoms with Crippen LogP contribution < -0.4 is 0 Å². The highest BCUT2D eigenvalue weighted by Gasteiger charge is 2.42. The molecule has 1 atom stereocenters. The van der Waals surface area contributed by atoms with Gasteiger partial charge in [0.2, 0.25) is 0 Å². The Labute approximate surface area is 141 Å². The number of carbonyl (C=O) groups excluding carboxylic acids is 1. The summed E-state index contributed by atoms with van der Waals surface area (Å²) in [4.78, 5) is 25.6. The smallest absolute Gasteiger partial charge is 0.311 e. The maximum Gasteiger partial charge on any atom is 0.311 e. The number of hydrogen-bond donors (Lipinski definition) is 1. The van der Waals surface area contributed by atoms with E-state index >= 15 is 0 Å². The molecule has 0 aliphatic carbocycles. The van der Waals surface area contributed by atoms with Crippen LogP contribution in [0.3, 0.4) is 0 Å². The van der Waals surface area contributed by atoms with Gasteiger partial charge in [-0.3, -0.25) is 9.59 Å². The molecule has 0 saturated carbocycles. The molecule has 23 heavy (non-hydrogen) atoms. The van der Waals surface area contributed by atoms with Gasteiger partial charge in [-0.1, -0.05) is 6.07 Å². The fourth-order valence-electron chi connectivity index (χ4n) is 2.72. The largest absolute Gasteiger partial charge is 0.481 e. The molecule has 1 aliphatic rings. The van der Waals surface area contributed by atoms with Crippen LogP contribution in [0.2, 0.25) is 0 Å². The molecule has 1 amide bonds. The highest BCUT2D eigenvalue weighted by molar-refractivity contribution is 9.10. The van der Waals surface area contributed by atoms with E-state index in [2.05, 4.69) is 21.0 Å². The predicted molar refractivity (Wildman–Crippen MR) is 87.5 cm³/mol. The van der Waals surface area contributed by atoms with Crippen LogP contribution in [0, 0.1) is 5.41 Å². The van der Waals surface area contributed by atoms with Crippen LogP contribution in [-0.2, 0) is 4.79 Å². The summed E-state index contributed by atoms with van der Waals surface area (Å²) in [5.41, 5.74) is 0.450. The maximum absolute atomic E-state index is 12.6. The summed E-state index contributed by atoms with van der Waals surface area (Å²) < 4.78 is 2.53. The van der Waals surface area contributed by atoms with Crippen molar-refractivity contribution in [2.24, 2.45) is 5.41 Å². The molecule has 1 aromatic carbocycles. The molecule has 0 bridgehead atoms. The standard InChI is InChI=1S/C16H16BrN3O3/c1-16(15(22)23)5-6-19(10-16)14(21)11-3-2-4-13(7-11)20-9-12(17)8-18-20/h2-4,7-9H,5-6,10H2,1H3,(H,22,23)/t16-/m1/s1. The minimum absolute atomic E-state index is 0.150. The molecule has 1 saturated heterocycles. The number of halogens is 1. The van der Waals surface area contributed by atoms with Gasteiger partial charge in [-0.05, 0) is 47.5 Å². The maximum atomic E-state index is 12.6. The van der Waals surface area contributed by atoms with Gasteiger partial charge in [-0.15, -0.1) is 0 Å². The van der Waals surface area contributed by atoms with Crippen LogP contribution in [0.1, 0.15) is 23.7 Å². The van der Waals surface area contributed by atoms with Crippen molar-refractivity contribution in [2.75, 3.05) is 13.1 Å². The zero-order chi connectivity index (χ0) is 16.6. The Hall–Kier alpha value is -2.15. The SMILES string of the molecule is C[C@@]1(C(=O)O)CCN(C(=O)c2cccc(-n3cc(Br)cn3)c2)C1. The second kappa shape index (κ2) is 5.81. The van der Waals surface area contributed by atoms with Gasteiger partial charge in [0, 0.05) is 24.8 Å². The highest BCUT2D eigenvalue weighted by Crippen LogP contribution is 2.31. The first-order valence-electron chi connectivity index (χ1n) is 7.22. The third kappa shape index (κ3) is 3.01.